The maximum Gasteiger partial charge on any atom is 0.416 e. The first kappa shape index (κ1) is 17.7. The number of benzene rings is 1. The van der Waals surface area contributed by atoms with Crippen LogP contribution in [0.1, 0.15) is 17.5 Å². The molecule has 1 fully saturated rings. The highest BCUT2D eigenvalue weighted by Gasteiger charge is 2.30. The summed E-state index contributed by atoms with van der Waals surface area (Å²) in [5.41, 5.74) is -0.346. The Morgan fingerprint density at radius 3 is 2.70 bits per heavy atom. The Bertz CT molecular complexity index is 514. The zero-order chi connectivity index (χ0) is 16.7. The Labute approximate surface area is 134 Å². The van der Waals surface area contributed by atoms with Crippen molar-refractivity contribution in [3.8, 4) is 0 Å². The SMILES string of the molecule is O=C(Cc1cccc(C(F)(F)F)c1)NCCCN1CCNCC1. The fraction of sp³-hybridized carbons (Fsp3) is 0.562. The van der Waals surface area contributed by atoms with E-state index in [0.717, 1.165) is 51.3 Å². The number of amides is 1. The van der Waals surface area contributed by atoms with Gasteiger partial charge in [0.25, 0.3) is 0 Å². The molecule has 0 saturated carbocycles. The molecule has 1 aliphatic rings. The number of hydrogen-bond donors (Lipinski definition) is 2. The van der Waals surface area contributed by atoms with Crippen molar-refractivity contribution in [1.82, 2.24) is 15.5 Å². The number of rotatable bonds is 6. The molecule has 1 heterocycles. The Balaban J connectivity index is 1.70. The summed E-state index contributed by atoms with van der Waals surface area (Å²) in [4.78, 5) is 14.1. The topological polar surface area (TPSA) is 44.4 Å². The van der Waals surface area contributed by atoms with Gasteiger partial charge in [0.15, 0.2) is 0 Å². The number of alkyl halides is 3. The monoisotopic (exact) mass is 329 g/mol. The van der Waals surface area contributed by atoms with Gasteiger partial charge in [-0.2, -0.15) is 13.2 Å². The molecule has 1 amide bonds. The van der Waals surface area contributed by atoms with Crippen LogP contribution < -0.4 is 10.6 Å². The lowest BCUT2D eigenvalue weighted by molar-refractivity contribution is -0.137. The molecule has 0 unspecified atom stereocenters. The summed E-state index contributed by atoms with van der Waals surface area (Å²) in [6, 6.07) is 4.90. The van der Waals surface area contributed by atoms with E-state index in [4.69, 9.17) is 0 Å². The maximum absolute atomic E-state index is 12.6. The number of nitrogens with one attached hydrogen (secondary N) is 2. The van der Waals surface area contributed by atoms with Gasteiger partial charge in [-0.05, 0) is 24.6 Å². The van der Waals surface area contributed by atoms with Gasteiger partial charge in [0.1, 0.15) is 0 Å². The lowest BCUT2D eigenvalue weighted by atomic mass is 10.1. The van der Waals surface area contributed by atoms with E-state index in [-0.39, 0.29) is 12.3 Å². The number of piperazine rings is 1. The van der Waals surface area contributed by atoms with E-state index in [0.29, 0.717) is 12.1 Å². The molecule has 0 aliphatic carbocycles. The van der Waals surface area contributed by atoms with E-state index < -0.39 is 11.7 Å². The first-order valence-corrected chi connectivity index (χ1v) is 7.81. The average Bonchev–Trinajstić information content (AvgIpc) is 2.52. The summed E-state index contributed by atoms with van der Waals surface area (Å²) in [6.07, 6.45) is -3.57. The molecule has 1 saturated heterocycles. The second kappa shape index (κ2) is 8.31. The predicted molar refractivity (Wildman–Crippen MR) is 82.1 cm³/mol. The van der Waals surface area contributed by atoms with Crippen LogP contribution >= 0.6 is 0 Å². The molecule has 0 aromatic heterocycles. The molecule has 4 nitrogen and oxygen atoms in total. The van der Waals surface area contributed by atoms with E-state index >= 15 is 0 Å². The van der Waals surface area contributed by atoms with E-state index in [1.54, 1.807) is 0 Å². The number of carbonyl (C=O) groups excluding carboxylic acids is 1. The average molecular weight is 329 g/mol. The zero-order valence-corrected chi connectivity index (χ0v) is 13.0. The molecule has 7 heteroatoms. The highest BCUT2D eigenvalue weighted by atomic mass is 19.4. The normalized spacial score (nSPS) is 16.3. The molecular weight excluding hydrogens is 307 g/mol. The van der Waals surface area contributed by atoms with Gasteiger partial charge in [-0.15, -0.1) is 0 Å². The summed E-state index contributed by atoms with van der Waals surface area (Å²) in [5, 5.41) is 6.04. The lowest BCUT2D eigenvalue weighted by Gasteiger charge is -2.27. The van der Waals surface area contributed by atoms with Crippen molar-refractivity contribution in [3.63, 3.8) is 0 Å². The fourth-order valence-electron chi connectivity index (χ4n) is 2.57. The quantitative estimate of drug-likeness (QED) is 0.780. The smallest absolute Gasteiger partial charge is 0.356 e. The standard InChI is InChI=1S/C16H22F3N3O/c17-16(18,19)14-4-1-3-13(11-14)12-15(23)21-5-2-8-22-9-6-20-7-10-22/h1,3-4,11,20H,2,5-10,12H2,(H,21,23). The molecule has 2 rings (SSSR count). The summed E-state index contributed by atoms with van der Waals surface area (Å²) >= 11 is 0. The molecular formula is C16H22F3N3O. The molecule has 1 aromatic rings. The molecule has 0 spiro atoms. The van der Waals surface area contributed by atoms with Gasteiger partial charge in [0.05, 0.1) is 12.0 Å². The number of hydrogen-bond acceptors (Lipinski definition) is 3. The van der Waals surface area contributed by atoms with Gasteiger partial charge in [-0.1, -0.05) is 18.2 Å². The predicted octanol–water partition coefficient (Wildman–Crippen LogP) is 1.66. The second-order valence-electron chi connectivity index (χ2n) is 5.67. The molecule has 128 valence electrons. The Hall–Kier alpha value is -1.60. The first-order valence-electron chi connectivity index (χ1n) is 7.81. The minimum absolute atomic E-state index is 0.0302. The van der Waals surface area contributed by atoms with E-state index in [1.807, 2.05) is 0 Å². The van der Waals surface area contributed by atoms with Gasteiger partial charge in [-0.3, -0.25) is 4.79 Å². The second-order valence-corrected chi connectivity index (χ2v) is 5.67. The van der Waals surface area contributed by atoms with Crippen LogP contribution in [0.3, 0.4) is 0 Å². The first-order chi connectivity index (χ1) is 10.9. The van der Waals surface area contributed by atoms with E-state index in [2.05, 4.69) is 15.5 Å². The van der Waals surface area contributed by atoms with Gasteiger partial charge in [0, 0.05) is 32.7 Å². The minimum Gasteiger partial charge on any atom is -0.356 e. The molecule has 0 bridgehead atoms. The van der Waals surface area contributed by atoms with Crippen molar-refractivity contribution < 1.29 is 18.0 Å². The summed E-state index contributed by atoms with van der Waals surface area (Å²) < 4.78 is 37.9. The van der Waals surface area contributed by atoms with Gasteiger partial charge < -0.3 is 15.5 Å². The van der Waals surface area contributed by atoms with Crippen LogP contribution in [-0.2, 0) is 17.4 Å². The summed E-state index contributed by atoms with van der Waals surface area (Å²) in [6.45, 7) is 5.47. The van der Waals surface area contributed by atoms with Crippen molar-refractivity contribution in [2.75, 3.05) is 39.3 Å². The van der Waals surface area contributed by atoms with Crippen molar-refractivity contribution >= 4 is 5.91 Å². The Morgan fingerprint density at radius 1 is 1.26 bits per heavy atom. The minimum atomic E-state index is -4.38. The van der Waals surface area contributed by atoms with Crippen molar-refractivity contribution in [3.05, 3.63) is 35.4 Å². The third-order valence-electron chi connectivity index (χ3n) is 3.80. The highest BCUT2D eigenvalue weighted by molar-refractivity contribution is 5.78. The summed E-state index contributed by atoms with van der Waals surface area (Å²) in [7, 11) is 0. The molecule has 0 radical (unpaired) electrons. The largest absolute Gasteiger partial charge is 0.416 e. The maximum atomic E-state index is 12.6. The molecule has 0 atom stereocenters. The summed E-state index contributed by atoms with van der Waals surface area (Å²) in [5.74, 6) is -0.246. The van der Waals surface area contributed by atoms with Crippen LogP contribution in [0.15, 0.2) is 24.3 Å². The van der Waals surface area contributed by atoms with Gasteiger partial charge >= 0.3 is 6.18 Å². The third-order valence-corrected chi connectivity index (χ3v) is 3.80. The van der Waals surface area contributed by atoms with Gasteiger partial charge in [-0.25, -0.2) is 0 Å². The number of halogens is 3. The van der Waals surface area contributed by atoms with Crippen molar-refractivity contribution in [1.29, 1.82) is 0 Å². The lowest BCUT2D eigenvalue weighted by Crippen LogP contribution is -2.44. The van der Waals surface area contributed by atoms with Crippen LogP contribution in [0.2, 0.25) is 0 Å². The molecule has 2 N–H and O–H groups in total. The Morgan fingerprint density at radius 2 is 2.00 bits per heavy atom. The van der Waals surface area contributed by atoms with Crippen molar-refractivity contribution in [2.45, 2.75) is 19.0 Å². The number of carbonyl (C=O) groups is 1. The number of nitrogens with zero attached hydrogens (tertiary/aromatic N) is 1. The zero-order valence-electron chi connectivity index (χ0n) is 13.0. The third kappa shape index (κ3) is 6.19. The fourth-order valence-corrected chi connectivity index (χ4v) is 2.57. The van der Waals surface area contributed by atoms with Gasteiger partial charge in [0.2, 0.25) is 5.91 Å². The van der Waals surface area contributed by atoms with Crippen LogP contribution in [0, 0.1) is 0 Å². The van der Waals surface area contributed by atoms with Crippen molar-refractivity contribution in [2.24, 2.45) is 0 Å². The van der Waals surface area contributed by atoms with Crippen LogP contribution in [0.5, 0.6) is 0 Å². The molecule has 1 aliphatic heterocycles. The molecule has 23 heavy (non-hydrogen) atoms. The van der Waals surface area contributed by atoms with E-state index in [1.165, 1.54) is 12.1 Å². The Kier molecular flexibility index (Phi) is 6.41. The van der Waals surface area contributed by atoms with Crippen LogP contribution in [-0.4, -0.2) is 50.1 Å². The van der Waals surface area contributed by atoms with Crippen LogP contribution in [0.25, 0.3) is 0 Å². The highest BCUT2D eigenvalue weighted by Crippen LogP contribution is 2.29. The van der Waals surface area contributed by atoms with Crippen LogP contribution in [0.4, 0.5) is 13.2 Å². The molecule has 1 aromatic carbocycles. The van der Waals surface area contributed by atoms with E-state index in [9.17, 15) is 18.0 Å².